The molecule has 4 nitrogen and oxygen atoms in total. The number of aryl methyl sites for hydroxylation is 4. The summed E-state index contributed by atoms with van der Waals surface area (Å²) in [5.74, 6) is 1.56. The van der Waals surface area contributed by atoms with Gasteiger partial charge < -0.3 is 20.4 Å². The third-order valence-electron chi connectivity index (χ3n) is 13.4. The first-order valence-electron chi connectivity index (χ1n) is 18.6. The van der Waals surface area contributed by atoms with Gasteiger partial charge in [-0.1, -0.05) is 79.7 Å². The van der Waals surface area contributed by atoms with E-state index < -0.39 is 0 Å². The van der Waals surface area contributed by atoms with Crippen molar-refractivity contribution in [2.45, 2.75) is 141 Å². The Morgan fingerprint density at radius 2 is 0.692 bits per heavy atom. The fourth-order valence-corrected chi connectivity index (χ4v) is 13.8. The van der Waals surface area contributed by atoms with E-state index in [-0.39, 0.29) is 32.5 Å². The second-order valence-corrected chi connectivity index (χ2v) is 21.5. The summed E-state index contributed by atoms with van der Waals surface area (Å²) in [6, 6.07) is 12.7. The first-order chi connectivity index (χ1) is 23.8. The lowest BCUT2D eigenvalue weighted by molar-refractivity contribution is 0.347. The molecule has 0 atom stereocenters. The Kier molecular flexibility index (Phi) is 8.39. The largest absolute Gasteiger partial charge is 0.508 e. The molecule has 0 amide bonds. The molecule has 0 saturated heterocycles. The Balaban J connectivity index is 0.000000162. The minimum absolute atomic E-state index is 0.0228. The summed E-state index contributed by atoms with van der Waals surface area (Å²) >= 11 is 4.67. The van der Waals surface area contributed by atoms with Crippen molar-refractivity contribution >= 4 is 45.2 Å². The molecule has 0 aromatic heterocycles. The summed E-state index contributed by atoms with van der Waals surface area (Å²) in [5.41, 5.74) is 14.0. The maximum atomic E-state index is 10.8. The maximum Gasteiger partial charge on any atom is 0.132 e. The fourth-order valence-electron chi connectivity index (χ4n) is 11.4. The van der Waals surface area contributed by atoms with Crippen molar-refractivity contribution in [2.24, 2.45) is 0 Å². The average Bonchev–Trinajstić information content (AvgIpc) is 3.55. The van der Waals surface area contributed by atoms with Crippen LogP contribution in [0.2, 0.25) is 0 Å². The van der Waals surface area contributed by atoms with Crippen LogP contribution >= 0.6 is 45.2 Å². The zero-order valence-corrected chi connectivity index (χ0v) is 37.2. The van der Waals surface area contributed by atoms with Gasteiger partial charge in [-0.15, -0.1) is 0 Å². The van der Waals surface area contributed by atoms with Gasteiger partial charge in [0.15, 0.2) is 0 Å². The van der Waals surface area contributed by atoms with E-state index in [2.05, 4.69) is 125 Å². The normalized spacial score (nSPS) is 21.0. The van der Waals surface area contributed by atoms with Gasteiger partial charge in [-0.05, 0) is 199 Å². The number of hydrogen-bond donors (Lipinski definition) is 4. The number of fused-ring (bicyclic) bond motifs is 8. The van der Waals surface area contributed by atoms with Gasteiger partial charge in [-0.3, -0.25) is 0 Å². The molecule has 4 aromatic rings. The smallest absolute Gasteiger partial charge is 0.132 e. The first-order valence-corrected chi connectivity index (χ1v) is 20.7. The predicted octanol–water partition coefficient (Wildman–Crippen LogP) is 11.9. The molecule has 0 radical (unpaired) electrons. The molecule has 0 saturated carbocycles. The summed E-state index contributed by atoms with van der Waals surface area (Å²) in [5, 5.41) is 42.4. The van der Waals surface area contributed by atoms with Gasteiger partial charge >= 0.3 is 0 Å². The Morgan fingerprint density at radius 1 is 0.404 bits per heavy atom. The van der Waals surface area contributed by atoms with E-state index in [1.807, 2.05) is 39.8 Å². The van der Waals surface area contributed by atoms with E-state index in [4.69, 9.17) is 0 Å². The second-order valence-electron chi connectivity index (χ2n) is 19.3. The second kappa shape index (κ2) is 11.5. The van der Waals surface area contributed by atoms with E-state index in [1.165, 1.54) is 44.5 Å². The quantitative estimate of drug-likeness (QED) is 0.133. The molecule has 0 fully saturated rings. The van der Waals surface area contributed by atoms with Crippen LogP contribution in [-0.4, -0.2) is 20.4 Å². The van der Waals surface area contributed by atoms with Crippen LogP contribution in [0, 0.1) is 34.8 Å². The number of phenolic OH excluding ortho intramolecular Hbond substituents is 4. The summed E-state index contributed by atoms with van der Waals surface area (Å²) < 4.78 is 1.96. The molecule has 4 aliphatic carbocycles. The number of phenols is 4. The zero-order chi connectivity index (χ0) is 38.5. The molecular formula is C46H54I2O4. The molecule has 8 rings (SSSR count). The Labute approximate surface area is 337 Å². The molecule has 0 aliphatic heterocycles. The van der Waals surface area contributed by atoms with Crippen molar-refractivity contribution in [2.75, 3.05) is 0 Å². The lowest BCUT2D eigenvalue weighted by Crippen LogP contribution is -2.28. The summed E-state index contributed by atoms with van der Waals surface area (Å²) in [6.07, 6.45) is 4.03. The highest BCUT2D eigenvalue weighted by Crippen LogP contribution is 2.67. The van der Waals surface area contributed by atoms with Gasteiger partial charge in [-0.2, -0.15) is 0 Å². The number of benzene rings is 4. The van der Waals surface area contributed by atoms with Crippen LogP contribution in [0.1, 0.15) is 148 Å². The highest BCUT2D eigenvalue weighted by molar-refractivity contribution is 14.1. The van der Waals surface area contributed by atoms with Crippen molar-refractivity contribution < 1.29 is 20.4 Å². The van der Waals surface area contributed by atoms with Crippen LogP contribution in [-0.2, 0) is 32.5 Å². The van der Waals surface area contributed by atoms with Crippen LogP contribution < -0.4 is 0 Å². The lowest BCUT2D eigenvalue weighted by Gasteiger charge is -2.32. The molecule has 0 heterocycles. The Morgan fingerprint density at radius 3 is 1.04 bits per heavy atom. The molecule has 6 heteroatoms. The van der Waals surface area contributed by atoms with Gasteiger partial charge in [-0.25, -0.2) is 0 Å². The van der Waals surface area contributed by atoms with Gasteiger partial charge in [0.25, 0.3) is 0 Å². The SMILES string of the molecule is Cc1cc2c(c(I)c1O)C1(CC2(C)C)CC(C)(C)c2cc(C)c(O)c(I)c21.Cc1cc2c(cc1O)C1(CC2(C)C)CC(C)(C)c2cc(C)c(O)cc21. The van der Waals surface area contributed by atoms with Crippen molar-refractivity contribution in [1.82, 2.24) is 0 Å². The molecule has 0 unspecified atom stereocenters. The van der Waals surface area contributed by atoms with E-state index in [0.717, 1.165) is 55.1 Å². The lowest BCUT2D eigenvalue weighted by atomic mass is 9.72. The van der Waals surface area contributed by atoms with Crippen LogP contribution in [0.25, 0.3) is 0 Å². The summed E-state index contributed by atoms with van der Waals surface area (Å²) in [7, 11) is 0. The Bertz CT molecular complexity index is 2060. The van der Waals surface area contributed by atoms with Gasteiger partial charge in [0.05, 0.1) is 7.14 Å². The third kappa shape index (κ3) is 5.14. The third-order valence-corrected chi connectivity index (χ3v) is 15.5. The predicted molar refractivity (Wildman–Crippen MR) is 229 cm³/mol. The zero-order valence-electron chi connectivity index (χ0n) is 32.8. The molecule has 4 aromatic carbocycles. The molecule has 2 spiro atoms. The minimum atomic E-state index is -0.166. The standard InChI is InChI=1S/C23H26I2O2.C23H28O2/c1-11-7-13-15(17(24)19(11)26)23(9-21(13,3)4)10-22(5,6)14-8-12(2)20(27)18(25)16(14)23;1-13-7-15-17(9-19(13)24)23(11-21(15,3)4)12-22(5,6)16-8-14(2)20(25)10-18(16)23/h7-8,26-27H,9-10H2,1-6H3;7-10,24-25H,11-12H2,1-6H3. The van der Waals surface area contributed by atoms with Crippen molar-refractivity contribution in [3.63, 3.8) is 0 Å². The average molecular weight is 925 g/mol. The van der Waals surface area contributed by atoms with Gasteiger partial charge in [0.1, 0.15) is 23.0 Å². The number of rotatable bonds is 0. The van der Waals surface area contributed by atoms with Crippen LogP contribution in [0.4, 0.5) is 0 Å². The number of halogens is 2. The van der Waals surface area contributed by atoms with E-state index in [1.54, 1.807) is 0 Å². The summed E-state index contributed by atoms with van der Waals surface area (Å²) in [6.45, 7) is 26.4. The van der Waals surface area contributed by atoms with Crippen molar-refractivity contribution in [3.8, 4) is 23.0 Å². The molecule has 276 valence electrons. The van der Waals surface area contributed by atoms with Crippen molar-refractivity contribution in [3.05, 3.63) is 110 Å². The molecule has 4 aliphatic rings. The monoisotopic (exact) mass is 924 g/mol. The van der Waals surface area contributed by atoms with E-state index in [0.29, 0.717) is 23.0 Å². The molecular weight excluding hydrogens is 870 g/mol. The van der Waals surface area contributed by atoms with Crippen LogP contribution in [0.3, 0.4) is 0 Å². The number of aromatic hydroxyl groups is 4. The summed E-state index contributed by atoms with van der Waals surface area (Å²) in [4.78, 5) is 0. The minimum Gasteiger partial charge on any atom is -0.508 e. The number of hydrogen-bond acceptors (Lipinski definition) is 4. The topological polar surface area (TPSA) is 80.9 Å². The molecule has 0 bridgehead atoms. The highest BCUT2D eigenvalue weighted by atomic mass is 127. The van der Waals surface area contributed by atoms with E-state index in [9.17, 15) is 20.4 Å². The Hall–Kier alpha value is -2.46. The highest BCUT2D eigenvalue weighted by Gasteiger charge is 2.59. The van der Waals surface area contributed by atoms with Crippen molar-refractivity contribution in [1.29, 1.82) is 0 Å². The van der Waals surface area contributed by atoms with E-state index >= 15 is 0 Å². The van der Waals surface area contributed by atoms with Crippen LogP contribution in [0.15, 0.2) is 36.4 Å². The van der Waals surface area contributed by atoms with Crippen LogP contribution in [0.5, 0.6) is 23.0 Å². The molecule has 4 N–H and O–H groups in total. The first kappa shape index (κ1) is 37.8. The molecule has 52 heavy (non-hydrogen) atoms. The maximum absolute atomic E-state index is 10.8. The van der Waals surface area contributed by atoms with Gasteiger partial charge in [0.2, 0.25) is 0 Å². The van der Waals surface area contributed by atoms with Gasteiger partial charge in [0, 0.05) is 10.8 Å². The fraction of sp³-hybridized carbons (Fsp3) is 0.478.